The van der Waals surface area contributed by atoms with Gasteiger partial charge in [0.05, 0.1) is 6.26 Å². The molecule has 0 saturated carbocycles. The van der Waals surface area contributed by atoms with Crippen LogP contribution in [0.15, 0.2) is 18.2 Å². The van der Waals surface area contributed by atoms with Crippen LogP contribution in [0, 0.1) is 12.7 Å². The Bertz CT molecular complexity index is 629. The Labute approximate surface area is 117 Å². The van der Waals surface area contributed by atoms with Gasteiger partial charge in [0.25, 0.3) is 16.0 Å². The Morgan fingerprint density at radius 1 is 1.45 bits per heavy atom. The van der Waals surface area contributed by atoms with Crippen LogP contribution >= 0.6 is 0 Å². The monoisotopic (exact) mass is 301 g/mol. The Morgan fingerprint density at radius 2 is 2.15 bits per heavy atom. The molecule has 2 rings (SSSR count). The number of hydrogen-bond acceptors (Lipinski definition) is 4. The maximum atomic E-state index is 13.4. The van der Waals surface area contributed by atoms with Crippen LogP contribution in [0.2, 0.25) is 0 Å². The van der Waals surface area contributed by atoms with E-state index < -0.39 is 16.2 Å². The molecule has 5 nitrogen and oxygen atoms in total. The summed E-state index contributed by atoms with van der Waals surface area (Å²) >= 11 is 0. The fourth-order valence-electron chi connectivity index (χ4n) is 2.12. The molecule has 0 spiro atoms. The summed E-state index contributed by atoms with van der Waals surface area (Å²) in [6, 6.07) is 4.78. The molecule has 7 heteroatoms. The molecule has 20 heavy (non-hydrogen) atoms. The predicted octanol–water partition coefficient (Wildman–Crippen LogP) is 1.21. The van der Waals surface area contributed by atoms with E-state index in [-0.39, 0.29) is 18.3 Å². The van der Waals surface area contributed by atoms with Crippen molar-refractivity contribution in [2.75, 3.05) is 12.8 Å². The van der Waals surface area contributed by atoms with Crippen LogP contribution in [-0.4, -0.2) is 38.1 Å². The van der Waals surface area contributed by atoms with Crippen LogP contribution in [0.1, 0.15) is 17.5 Å². The van der Waals surface area contributed by atoms with E-state index in [0.29, 0.717) is 24.1 Å². The minimum absolute atomic E-state index is 0.250. The van der Waals surface area contributed by atoms with Crippen molar-refractivity contribution in [2.45, 2.75) is 26.0 Å². The Kier molecular flexibility index (Phi) is 4.10. The van der Waals surface area contributed by atoms with Crippen LogP contribution in [0.25, 0.3) is 0 Å². The van der Waals surface area contributed by atoms with Crippen LogP contribution in [0.4, 0.5) is 4.39 Å². The smallest absolute Gasteiger partial charge is 0.265 e. The molecule has 1 aliphatic rings. The third-order valence-corrected chi connectivity index (χ3v) is 3.73. The molecule has 1 aromatic carbocycles. The molecule has 0 bridgehead atoms. The number of likely N-dealkylation sites (tertiary alicyclic amines) is 1. The highest BCUT2D eigenvalue weighted by molar-refractivity contribution is 7.86. The molecule has 0 aromatic heterocycles. The third-order valence-electron chi connectivity index (χ3n) is 3.15. The van der Waals surface area contributed by atoms with Gasteiger partial charge in [-0.25, -0.2) is 4.39 Å². The summed E-state index contributed by atoms with van der Waals surface area (Å²) in [6.07, 6.45) is 0.277. The van der Waals surface area contributed by atoms with Crippen molar-refractivity contribution in [1.29, 1.82) is 0 Å². The molecule has 1 aliphatic heterocycles. The highest BCUT2D eigenvalue weighted by Crippen LogP contribution is 2.20. The maximum absolute atomic E-state index is 13.4. The van der Waals surface area contributed by atoms with Crippen LogP contribution in [0.3, 0.4) is 0 Å². The van der Waals surface area contributed by atoms with Gasteiger partial charge in [-0.1, -0.05) is 12.1 Å². The van der Waals surface area contributed by atoms with Gasteiger partial charge in [-0.3, -0.25) is 8.98 Å². The molecule has 1 unspecified atom stereocenters. The lowest BCUT2D eigenvalue weighted by atomic mass is 10.1. The SMILES string of the molecule is Cc1ccc(CN2CCC(OS(C)(=O)=O)C2=O)cc1F. The minimum Gasteiger partial charge on any atom is -0.336 e. The Hall–Kier alpha value is -1.47. The molecular weight excluding hydrogens is 285 g/mol. The first kappa shape index (κ1) is 14.9. The molecule has 0 radical (unpaired) electrons. The highest BCUT2D eigenvalue weighted by atomic mass is 32.2. The average molecular weight is 301 g/mol. The van der Waals surface area contributed by atoms with Crippen molar-refractivity contribution < 1.29 is 21.8 Å². The van der Waals surface area contributed by atoms with Crippen LogP contribution < -0.4 is 0 Å². The number of halogens is 1. The van der Waals surface area contributed by atoms with Crippen molar-refractivity contribution in [3.8, 4) is 0 Å². The predicted molar refractivity (Wildman–Crippen MR) is 70.9 cm³/mol. The van der Waals surface area contributed by atoms with Crippen molar-refractivity contribution in [1.82, 2.24) is 4.90 Å². The summed E-state index contributed by atoms with van der Waals surface area (Å²) in [5.41, 5.74) is 1.21. The molecule has 1 aromatic rings. The van der Waals surface area contributed by atoms with Gasteiger partial charge < -0.3 is 4.90 Å². The van der Waals surface area contributed by atoms with E-state index in [2.05, 4.69) is 0 Å². The summed E-state index contributed by atoms with van der Waals surface area (Å²) < 4.78 is 40.2. The van der Waals surface area contributed by atoms with Gasteiger partial charge in [-0.15, -0.1) is 0 Å². The first-order valence-electron chi connectivity index (χ1n) is 6.18. The molecule has 1 atom stereocenters. The number of carbonyl (C=O) groups is 1. The second-order valence-electron chi connectivity index (χ2n) is 4.92. The summed E-state index contributed by atoms with van der Waals surface area (Å²) in [4.78, 5) is 13.5. The summed E-state index contributed by atoms with van der Waals surface area (Å²) in [6.45, 7) is 2.31. The zero-order valence-corrected chi connectivity index (χ0v) is 12.1. The second kappa shape index (κ2) is 5.49. The number of carbonyl (C=O) groups excluding carboxylic acids is 1. The molecule has 1 heterocycles. The number of nitrogens with zero attached hydrogens (tertiary/aromatic N) is 1. The second-order valence-corrected chi connectivity index (χ2v) is 6.52. The Balaban J connectivity index is 2.04. The quantitative estimate of drug-likeness (QED) is 0.784. The fourth-order valence-corrected chi connectivity index (χ4v) is 2.72. The maximum Gasteiger partial charge on any atom is 0.265 e. The molecule has 1 fully saturated rings. The summed E-state index contributed by atoms with van der Waals surface area (Å²) in [5, 5.41) is 0. The number of benzene rings is 1. The molecule has 1 amide bonds. The minimum atomic E-state index is -3.66. The zero-order valence-electron chi connectivity index (χ0n) is 11.3. The summed E-state index contributed by atoms with van der Waals surface area (Å²) in [5.74, 6) is -0.700. The van der Waals surface area contributed by atoms with E-state index >= 15 is 0 Å². The zero-order chi connectivity index (χ0) is 14.9. The van der Waals surface area contributed by atoms with Crippen LogP contribution in [-0.2, 0) is 25.6 Å². The molecule has 1 saturated heterocycles. The van der Waals surface area contributed by atoms with E-state index in [1.807, 2.05) is 0 Å². The van der Waals surface area contributed by atoms with Gasteiger partial charge in [0.1, 0.15) is 5.82 Å². The first-order chi connectivity index (χ1) is 9.26. The third kappa shape index (κ3) is 3.55. The van der Waals surface area contributed by atoms with Gasteiger partial charge in [0.15, 0.2) is 6.10 Å². The van der Waals surface area contributed by atoms with Crippen LogP contribution in [0.5, 0.6) is 0 Å². The Morgan fingerprint density at radius 3 is 2.75 bits per heavy atom. The summed E-state index contributed by atoms with van der Waals surface area (Å²) in [7, 11) is -3.66. The number of rotatable bonds is 4. The molecule has 0 aliphatic carbocycles. The van der Waals surface area contributed by atoms with Crippen molar-refractivity contribution in [3.63, 3.8) is 0 Å². The average Bonchev–Trinajstić information content (AvgIpc) is 2.65. The lowest BCUT2D eigenvalue weighted by Gasteiger charge is -2.16. The van der Waals surface area contributed by atoms with Gasteiger partial charge in [-0.05, 0) is 24.1 Å². The van der Waals surface area contributed by atoms with E-state index in [1.54, 1.807) is 19.1 Å². The first-order valence-corrected chi connectivity index (χ1v) is 8.00. The number of aryl methyl sites for hydroxylation is 1. The van der Waals surface area contributed by atoms with E-state index in [4.69, 9.17) is 4.18 Å². The number of amides is 1. The van der Waals surface area contributed by atoms with Gasteiger partial charge in [0, 0.05) is 19.5 Å². The van der Waals surface area contributed by atoms with Gasteiger partial charge in [0.2, 0.25) is 0 Å². The molecular formula is C13H16FNO4S. The molecule has 110 valence electrons. The number of hydrogen-bond donors (Lipinski definition) is 0. The standard InChI is InChI=1S/C13H16FNO4S/c1-9-3-4-10(7-11(9)14)8-15-6-5-12(13(15)16)19-20(2,17)18/h3-4,7,12H,5-6,8H2,1-2H3. The lowest BCUT2D eigenvalue weighted by molar-refractivity contribution is -0.133. The lowest BCUT2D eigenvalue weighted by Crippen LogP contribution is -2.31. The van der Waals surface area contributed by atoms with E-state index in [9.17, 15) is 17.6 Å². The largest absolute Gasteiger partial charge is 0.336 e. The molecule has 0 N–H and O–H groups in total. The fraction of sp³-hybridized carbons (Fsp3) is 0.462. The van der Waals surface area contributed by atoms with Gasteiger partial charge >= 0.3 is 0 Å². The van der Waals surface area contributed by atoms with Gasteiger partial charge in [-0.2, -0.15) is 8.42 Å². The van der Waals surface area contributed by atoms with Crippen molar-refractivity contribution in [3.05, 3.63) is 35.1 Å². The van der Waals surface area contributed by atoms with E-state index in [1.165, 1.54) is 11.0 Å². The van der Waals surface area contributed by atoms with Crippen molar-refractivity contribution >= 4 is 16.0 Å². The van der Waals surface area contributed by atoms with E-state index in [0.717, 1.165) is 6.26 Å². The van der Waals surface area contributed by atoms with Crippen molar-refractivity contribution in [2.24, 2.45) is 0 Å². The highest BCUT2D eigenvalue weighted by Gasteiger charge is 2.34. The normalized spacial score (nSPS) is 19.6. The topological polar surface area (TPSA) is 63.7 Å².